The van der Waals surface area contributed by atoms with Crippen molar-refractivity contribution in [2.24, 2.45) is 5.92 Å². The van der Waals surface area contributed by atoms with E-state index in [-0.39, 0.29) is 0 Å². The molecule has 1 aromatic carbocycles. The summed E-state index contributed by atoms with van der Waals surface area (Å²) < 4.78 is 1.06. The van der Waals surface area contributed by atoms with Crippen LogP contribution >= 0.6 is 27.7 Å². The summed E-state index contributed by atoms with van der Waals surface area (Å²) in [5.74, 6) is 2.14. The second kappa shape index (κ2) is 5.26. The van der Waals surface area contributed by atoms with Crippen LogP contribution < -0.4 is 5.73 Å². The molecule has 0 aromatic heterocycles. The summed E-state index contributed by atoms with van der Waals surface area (Å²) in [5, 5.41) is 0. The van der Waals surface area contributed by atoms with Crippen LogP contribution in [0.5, 0.6) is 0 Å². The van der Waals surface area contributed by atoms with Gasteiger partial charge in [0.2, 0.25) is 0 Å². The van der Waals surface area contributed by atoms with Crippen molar-refractivity contribution in [2.75, 3.05) is 11.5 Å². The van der Waals surface area contributed by atoms with E-state index >= 15 is 0 Å². The van der Waals surface area contributed by atoms with E-state index in [1.54, 1.807) is 0 Å². The van der Waals surface area contributed by atoms with E-state index in [1.807, 2.05) is 17.8 Å². The molecule has 0 atom stereocenters. The molecule has 1 aromatic rings. The normalized spacial score (nSPS) is 17.1. The average molecular weight is 286 g/mol. The Balaban J connectivity index is 1.92. The van der Waals surface area contributed by atoms with Gasteiger partial charge in [-0.2, -0.15) is 0 Å². The van der Waals surface area contributed by atoms with E-state index in [0.29, 0.717) is 0 Å². The first-order chi connectivity index (χ1) is 7.25. The highest BCUT2D eigenvalue weighted by Crippen LogP contribution is 2.33. The fourth-order valence-electron chi connectivity index (χ4n) is 2.04. The summed E-state index contributed by atoms with van der Waals surface area (Å²) in [7, 11) is 0. The van der Waals surface area contributed by atoms with Crippen molar-refractivity contribution < 1.29 is 0 Å². The van der Waals surface area contributed by atoms with Crippen LogP contribution in [0.1, 0.15) is 25.7 Å². The summed E-state index contributed by atoms with van der Waals surface area (Å²) in [5.41, 5.74) is 6.85. The van der Waals surface area contributed by atoms with E-state index in [9.17, 15) is 0 Å². The van der Waals surface area contributed by atoms with Gasteiger partial charge in [-0.25, -0.2) is 0 Å². The van der Waals surface area contributed by atoms with Gasteiger partial charge in [0.1, 0.15) is 0 Å². The molecule has 0 saturated heterocycles. The highest BCUT2D eigenvalue weighted by Gasteiger charge is 2.15. The lowest BCUT2D eigenvalue weighted by Crippen LogP contribution is -1.97. The molecule has 0 radical (unpaired) electrons. The summed E-state index contributed by atoms with van der Waals surface area (Å²) in [6.07, 6.45) is 5.65. The van der Waals surface area contributed by atoms with Gasteiger partial charge >= 0.3 is 0 Å². The summed E-state index contributed by atoms with van der Waals surface area (Å²) in [6, 6.07) is 6.16. The number of anilines is 1. The lowest BCUT2D eigenvalue weighted by molar-refractivity contribution is 0.623. The number of hydrogen-bond donors (Lipinski definition) is 1. The monoisotopic (exact) mass is 285 g/mol. The molecule has 1 saturated carbocycles. The van der Waals surface area contributed by atoms with Crippen molar-refractivity contribution in [1.82, 2.24) is 0 Å². The smallest absolute Gasteiger partial charge is 0.0463 e. The molecule has 0 heterocycles. The molecule has 2 rings (SSSR count). The van der Waals surface area contributed by atoms with E-state index in [1.165, 1.54) is 36.3 Å². The van der Waals surface area contributed by atoms with Crippen LogP contribution in [0.25, 0.3) is 0 Å². The van der Waals surface area contributed by atoms with Crippen LogP contribution in [0.2, 0.25) is 0 Å². The minimum absolute atomic E-state index is 0.896. The molecule has 82 valence electrons. The van der Waals surface area contributed by atoms with E-state index in [0.717, 1.165) is 16.1 Å². The molecule has 1 fully saturated rings. The fourth-order valence-corrected chi connectivity index (χ4v) is 3.55. The molecule has 15 heavy (non-hydrogen) atoms. The van der Waals surface area contributed by atoms with Gasteiger partial charge in [-0.3, -0.25) is 0 Å². The predicted octanol–water partition coefficient (Wildman–Crippen LogP) is 4.31. The van der Waals surface area contributed by atoms with Crippen molar-refractivity contribution in [3.63, 3.8) is 0 Å². The average Bonchev–Trinajstić information content (AvgIpc) is 2.69. The highest BCUT2D eigenvalue weighted by molar-refractivity contribution is 9.10. The molecule has 2 N–H and O–H groups in total. The standard InChI is InChI=1S/C12H16BrNS/c13-10-5-6-12(11(14)7-10)15-8-9-3-1-2-4-9/h5-7,9H,1-4,8,14H2. The van der Waals surface area contributed by atoms with Gasteiger partial charge in [0.05, 0.1) is 0 Å². The van der Waals surface area contributed by atoms with Crippen LogP contribution in [0.15, 0.2) is 27.6 Å². The molecule has 1 aliphatic rings. The van der Waals surface area contributed by atoms with Gasteiger partial charge in [0.25, 0.3) is 0 Å². The van der Waals surface area contributed by atoms with Crippen LogP contribution in [0, 0.1) is 5.92 Å². The van der Waals surface area contributed by atoms with Gasteiger partial charge in [-0.1, -0.05) is 28.8 Å². The first-order valence-corrected chi connectivity index (χ1v) is 7.21. The molecule has 0 bridgehead atoms. The quantitative estimate of drug-likeness (QED) is 0.661. The third kappa shape index (κ3) is 3.15. The number of nitrogens with two attached hydrogens (primary N) is 1. The van der Waals surface area contributed by atoms with Gasteiger partial charge in [0.15, 0.2) is 0 Å². The SMILES string of the molecule is Nc1cc(Br)ccc1SCC1CCCC1. The van der Waals surface area contributed by atoms with Crippen molar-refractivity contribution in [3.05, 3.63) is 22.7 Å². The molecule has 0 aliphatic heterocycles. The number of thioether (sulfide) groups is 1. The zero-order valence-corrected chi connectivity index (χ0v) is 11.1. The third-order valence-electron chi connectivity index (χ3n) is 2.92. The van der Waals surface area contributed by atoms with Gasteiger partial charge < -0.3 is 5.73 Å². The van der Waals surface area contributed by atoms with Crippen molar-refractivity contribution >= 4 is 33.4 Å². The van der Waals surface area contributed by atoms with Crippen molar-refractivity contribution in [3.8, 4) is 0 Å². The number of hydrogen-bond acceptors (Lipinski definition) is 2. The molecule has 1 nitrogen and oxygen atoms in total. The number of benzene rings is 1. The second-order valence-electron chi connectivity index (χ2n) is 4.14. The molecule has 3 heteroatoms. The molecule has 1 aliphatic carbocycles. The van der Waals surface area contributed by atoms with Crippen molar-refractivity contribution in [2.45, 2.75) is 30.6 Å². The lowest BCUT2D eigenvalue weighted by atomic mass is 10.1. The van der Waals surface area contributed by atoms with Crippen molar-refractivity contribution in [1.29, 1.82) is 0 Å². The number of nitrogen functional groups attached to an aromatic ring is 1. The molecule has 0 unspecified atom stereocenters. The predicted molar refractivity (Wildman–Crippen MR) is 71.2 cm³/mol. The Morgan fingerprint density at radius 3 is 2.73 bits per heavy atom. The molecule has 0 amide bonds. The Morgan fingerprint density at radius 2 is 2.07 bits per heavy atom. The maximum absolute atomic E-state index is 5.96. The Hall–Kier alpha value is -0.150. The lowest BCUT2D eigenvalue weighted by Gasteiger charge is -2.10. The number of rotatable bonds is 3. The summed E-state index contributed by atoms with van der Waals surface area (Å²) in [6.45, 7) is 0. The van der Waals surface area contributed by atoms with Gasteiger partial charge in [-0.05, 0) is 37.0 Å². The minimum Gasteiger partial charge on any atom is -0.398 e. The Kier molecular flexibility index (Phi) is 3.98. The van der Waals surface area contributed by atoms with E-state index in [2.05, 4.69) is 28.1 Å². The molecular formula is C12H16BrNS. The maximum atomic E-state index is 5.96. The largest absolute Gasteiger partial charge is 0.398 e. The minimum atomic E-state index is 0.896. The highest BCUT2D eigenvalue weighted by atomic mass is 79.9. The first kappa shape index (κ1) is 11.3. The van der Waals surface area contributed by atoms with Crippen LogP contribution in [-0.2, 0) is 0 Å². The van der Waals surface area contributed by atoms with E-state index < -0.39 is 0 Å². The molecule has 0 spiro atoms. The summed E-state index contributed by atoms with van der Waals surface area (Å²) in [4.78, 5) is 1.23. The van der Waals surface area contributed by atoms with Crippen LogP contribution in [-0.4, -0.2) is 5.75 Å². The fraction of sp³-hybridized carbons (Fsp3) is 0.500. The Labute approximate surface area is 104 Å². The zero-order valence-electron chi connectivity index (χ0n) is 8.71. The summed E-state index contributed by atoms with van der Waals surface area (Å²) >= 11 is 5.33. The topological polar surface area (TPSA) is 26.0 Å². The third-order valence-corrected chi connectivity index (χ3v) is 4.74. The van der Waals surface area contributed by atoms with Gasteiger partial charge in [0, 0.05) is 20.8 Å². The van der Waals surface area contributed by atoms with Crippen LogP contribution in [0.4, 0.5) is 5.69 Å². The second-order valence-corrected chi connectivity index (χ2v) is 6.12. The van der Waals surface area contributed by atoms with Crippen LogP contribution in [0.3, 0.4) is 0 Å². The van der Waals surface area contributed by atoms with E-state index in [4.69, 9.17) is 5.73 Å². The first-order valence-electron chi connectivity index (χ1n) is 5.43. The number of halogens is 1. The maximum Gasteiger partial charge on any atom is 0.0463 e. The molecular weight excluding hydrogens is 270 g/mol. The Morgan fingerprint density at radius 1 is 1.33 bits per heavy atom. The van der Waals surface area contributed by atoms with Gasteiger partial charge in [-0.15, -0.1) is 11.8 Å². The Bertz CT molecular complexity index is 334. The zero-order chi connectivity index (χ0) is 10.7.